The second-order valence-electron chi connectivity index (χ2n) is 10.4. The lowest BCUT2D eigenvalue weighted by atomic mass is 9.85. The number of H-pyrrole nitrogens is 1. The van der Waals surface area contributed by atoms with Gasteiger partial charge in [-0.05, 0) is 56.1 Å². The number of carboxylic acid groups (broad SMARTS) is 1. The topological polar surface area (TPSA) is 124 Å². The number of nitrogens with one attached hydrogen (secondary N) is 2. The number of benzene rings is 1. The number of aryl methyl sites for hydroxylation is 1. The summed E-state index contributed by atoms with van der Waals surface area (Å²) in [6, 6.07) is 3.23. The molecule has 9 nitrogen and oxygen atoms in total. The maximum atomic E-state index is 15.8. The average Bonchev–Trinajstić information content (AvgIpc) is 3.50. The van der Waals surface area contributed by atoms with Crippen molar-refractivity contribution in [1.29, 1.82) is 0 Å². The summed E-state index contributed by atoms with van der Waals surface area (Å²) in [5.74, 6) is 0.0227. The molecule has 3 aromatic rings. The highest BCUT2D eigenvalue weighted by Crippen LogP contribution is 2.36. The Hall–Kier alpha value is -3.43. The standard InChI is InChI=1S/C27H34FN5O4/c1-16-20(15-37-32-16)26(34)31-23(18-7-5-3-2-4-6-8-18)25-29-21-10-9-19(22(28)24(21)30-25)17-11-13-33(14-12-17)27(35)36/h9-10,15,17-18,23H,2-8,11-14H2,1H3,(H,29,30)(H,31,34)(H,35,36). The molecule has 0 radical (unpaired) electrons. The molecule has 2 fully saturated rings. The summed E-state index contributed by atoms with van der Waals surface area (Å²) in [4.78, 5) is 33.8. The average molecular weight is 512 g/mol. The van der Waals surface area contributed by atoms with E-state index >= 15 is 4.39 Å². The predicted octanol–water partition coefficient (Wildman–Crippen LogP) is 5.69. The van der Waals surface area contributed by atoms with Gasteiger partial charge in [0.25, 0.3) is 5.91 Å². The van der Waals surface area contributed by atoms with Gasteiger partial charge in [-0.15, -0.1) is 0 Å². The number of rotatable bonds is 5. The molecule has 1 unspecified atom stereocenters. The lowest BCUT2D eigenvalue weighted by Gasteiger charge is -2.30. The quantitative estimate of drug-likeness (QED) is 0.404. The third-order valence-electron chi connectivity index (χ3n) is 8.04. The zero-order chi connectivity index (χ0) is 25.9. The molecule has 1 saturated heterocycles. The van der Waals surface area contributed by atoms with Gasteiger partial charge in [0.2, 0.25) is 0 Å². The van der Waals surface area contributed by atoms with E-state index in [2.05, 4.69) is 15.5 Å². The number of imidazole rings is 1. The second-order valence-corrected chi connectivity index (χ2v) is 10.4. The number of amides is 2. The molecule has 0 spiro atoms. The van der Waals surface area contributed by atoms with Crippen LogP contribution in [-0.4, -0.2) is 50.2 Å². The molecule has 2 aromatic heterocycles. The number of aromatic amines is 1. The molecule has 1 aliphatic heterocycles. The SMILES string of the molecule is Cc1nocc1C(=O)NC(c1nc2c(F)c(C3CCN(C(=O)O)CC3)ccc2[nH]1)C1CCCCCCC1. The molecule has 3 heterocycles. The van der Waals surface area contributed by atoms with Crippen LogP contribution in [0.15, 0.2) is 22.9 Å². The van der Waals surface area contributed by atoms with Gasteiger partial charge in [0, 0.05) is 13.1 Å². The predicted molar refractivity (Wildman–Crippen MR) is 135 cm³/mol. The number of fused-ring (bicyclic) bond motifs is 1. The van der Waals surface area contributed by atoms with E-state index in [1.54, 1.807) is 13.0 Å². The minimum Gasteiger partial charge on any atom is -0.465 e. The van der Waals surface area contributed by atoms with E-state index in [0.717, 1.165) is 25.7 Å². The van der Waals surface area contributed by atoms with Gasteiger partial charge in [-0.2, -0.15) is 0 Å². The zero-order valence-corrected chi connectivity index (χ0v) is 21.1. The second kappa shape index (κ2) is 10.9. The van der Waals surface area contributed by atoms with Crippen LogP contribution >= 0.6 is 0 Å². The van der Waals surface area contributed by atoms with Gasteiger partial charge >= 0.3 is 6.09 Å². The Morgan fingerprint density at radius 2 is 1.84 bits per heavy atom. The molecule has 2 aliphatic rings. The number of aromatic nitrogens is 3. The van der Waals surface area contributed by atoms with E-state index in [9.17, 15) is 14.7 Å². The number of hydrogen-bond acceptors (Lipinski definition) is 5. The van der Waals surface area contributed by atoms with Crippen molar-refractivity contribution in [3.8, 4) is 0 Å². The minimum absolute atomic E-state index is 0.0576. The van der Waals surface area contributed by atoms with Crippen LogP contribution in [0.5, 0.6) is 0 Å². The number of halogens is 1. The van der Waals surface area contributed by atoms with Crippen LogP contribution in [0.1, 0.15) is 97.2 Å². The van der Waals surface area contributed by atoms with Crippen molar-refractivity contribution >= 4 is 23.0 Å². The molecule has 1 saturated carbocycles. The minimum atomic E-state index is -0.935. The van der Waals surface area contributed by atoms with E-state index in [4.69, 9.17) is 9.51 Å². The van der Waals surface area contributed by atoms with Crippen molar-refractivity contribution in [2.45, 2.75) is 76.7 Å². The van der Waals surface area contributed by atoms with Gasteiger partial charge in [0.1, 0.15) is 23.2 Å². The van der Waals surface area contributed by atoms with E-state index in [1.165, 1.54) is 30.4 Å². The van der Waals surface area contributed by atoms with Crippen molar-refractivity contribution in [3.63, 3.8) is 0 Å². The van der Waals surface area contributed by atoms with Crippen LogP contribution in [0.3, 0.4) is 0 Å². The monoisotopic (exact) mass is 511 g/mol. The largest absolute Gasteiger partial charge is 0.465 e. The zero-order valence-electron chi connectivity index (χ0n) is 21.1. The van der Waals surface area contributed by atoms with Crippen molar-refractivity contribution in [1.82, 2.24) is 25.3 Å². The lowest BCUT2D eigenvalue weighted by molar-refractivity contribution is 0.0911. The smallest absolute Gasteiger partial charge is 0.407 e. The molecule has 198 valence electrons. The van der Waals surface area contributed by atoms with Crippen molar-refractivity contribution in [2.75, 3.05) is 13.1 Å². The first-order valence-corrected chi connectivity index (χ1v) is 13.3. The summed E-state index contributed by atoms with van der Waals surface area (Å²) in [6.07, 6.45) is 9.20. The fourth-order valence-electron chi connectivity index (χ4n) is 5.88. The fourth-order valence-corrected chi connectivity index (χ4v) is 5.88. The summed E-state index contributed by atoms with van der Waals surface area (Å²) in [6.45, 7) is 2.50. The Morgan fingerprint density at radius 3 is 2.49 bits per heavy atom. The van der Waals surface area contributed by atoms with Crippen LogP contribution in [0, 0.1) is 18.7 Å². The molecule has 5 rings (SSSR count). The van der Waals surface area contributed by atoms with Gasteiger partial charge in [0.15, 0.2) is 5.82 Å². The summed E-state index contributed by atoms with van der Waals surface area (Å²) in [5, 5.41) is 16.2. The number of likely N-dealkylation sites (tertiary alicyclic amines) is 1. The highest BCUT2D eigenvalue weighted by atomic mass is 19.1. The summed E-state index contributed by atoms with van der Waals surface area (Å²) in [5.41, 5.74) is 2.32. The van der Waals surface area contributed by atoms with Crippen LogP contribution in [-0.2, 0) is 0 Å². The lowest BCUT2D eigenvalue weighted by Crippen LogP contribution is -2.36. The Bertz CT molecular complexity index is 1250. The summed E-state index contributed by atoms with van der Waals surface area (Å²) < 4.78 is 20.7. The molecule has 1 aromatic carbocycles. The molecule has 3 N–H and O–H groups in total. The number of hydrogen-bond donors (Lipinski definition) is 3. The van der Waals surface area contributed by atoms with Gasteiger partial charge in [-0.3, -0.25) is 4.79 Å². The van der Waals surface area contributed by atoms with Gasteiger partial charge in [-0.1, -0.05) is 43.3 Å². The highest BCUT2D eigenvalue weighted by Gasteiger charge is 2.31. The third kappa shape index (κ3) is 5.33. The molecular weight excluding hydrogens is 477 g/mol. The maximum absolute atomic E-state index is 15.8. The fraction of sp³-hybridized carbons (Fsp3) is 0.556. The van der Waals surface area contributed by atoms with Gasteiger partial charge < -0.3 is 24.8 Å². The van der Waals surface area contributed by atoms with Gasteiger partial charge in [0.05, 0.1) is 17.3 Å². The van der Waals surface area contributed by atoms with Crippen LogP contribution < -0.4 is 5.32 Å². The van der Waals surface area contributed by atoms with E-state index < -0.39 is 12.1 Å². The van der Waals surface area contributed by atoms with Crippen LogP contribution in [0.4, 0.5) is 9.18 Å². The Kier molecular flexibility index (Phi) is 7.43. The number of piperidine rings is 1. The summed E-state index contributed by atoms with van der Waals surface area (Å²) >= 11 is 0. The van der Waals surface area contributed by atoms with Crippen molar-refractivity contribution in [2.24, 2.45) is 5.92 Å². The van der Waals surface area contributed by atoms with E-state index in [1.807, 2.05) is 6.07 Å². The van der Waals surface area contributed by atoms with Gasteiger partial charge in [-0.25, -0.2) is 14.2 Å². The Labute approximate surface area is 214 Å². The number of nitrogens with zero attached hydrogens (tertiary/aromatic N) is 3. The molecule has 0 bridgehead atoms. The summed E-state index contributed by atoms with van der Waals surface area (Å²) in [7, 11) is 0. The van der Waals surface area contributed by atoms with Crippen LogP contribution in [0.25, 0.3) is 11.0 Å². The molecular formula is C27H34FN5O4. The van der Waals surface area contributed by atoms with E-state index in [-0.39, 0.29) is 29.1 Å². The Morgan fingerprint density at radius 1 is 1.14 bits per heavy atom. The maximum Gasteiger partial charge on any atom is 0.407 e. The normalized spacial score (nSPS) is 18.9. The molecule has 2 amide bonds. The third-order valence-corrected chi connectivity index (χ3v) is 8.04. The molecule has 1 aliphatic carbocycles. The first-order chi connectivity index (χ1) is 17.9. The number of carbonyl (C=O) groups is 2. The first-order valence-electron chi connectivity index (χ1n) is 13.3. The van der Waals surface area contributed by atoms with Crippen molar-refractivity contribution < 1.29 is 23.6 Å². The van der Waals surface area contributed by atoms with Crippen molar-refractivity contribution in [3.05, 3.63) is 46.9 Å². The molecule has 37 heavy (non-hydrogen) atoms. The first kappa shape index (κ1) is 25.2. The van der Waals surface area contributed by atoms with E-state index in [0.29, 0.717) is 54.1 Å². The molecule has 10 heteroatoms. The van der Waals surface area contributed by atoms with Crippen LogP contribution in [0.2, 0.25) is 0 Å². The molecule has 1 atom stereocenters. The highest BCUT2D eigenvalue weighted by molar-refractivity contribution is 5.95. The number of carbonyl (C=O) groups excluding carboxylic acids is 1. The Balaban J connectivity index is 1.45.